The first-order valence-corrected chi connectivity index (χ1v) is 10.4. The molecule has 29 heavy (non-hydrogen) atoms. The largest absolute Gasteiger partial charge is 0.496 e. The lowest BCUT2D eigenvalue weighted by molar-refractivity contribution is -0.151. The topological polar surface area (TPSA) is 55.8 Å². The molecule has 0 aliphatic carbocycles. The summed E-state index contributed by atoms with van der Waals surface area (Å²) < 4.78 is 11.0. The standard InChI is InChI=1S/C22H21NO4S2/c1-3-13-27-21(25)19(15-9-5-4-6-10-15)23-20(24)18(29-22(23)28)14-16-11-7-8-12-17(16)26-2/h4-12,14,19H,3,13H2,1-2H3/b18-14+. The van der Waals surface area contributed by atoms with Gasteiger partial charge in [0.05, 0.1) is 18.6 Å². The van der Waals surface area contributed by atoms with Gasteiger partial charge in [0.25, 0.3) is 5.91 Å². The molecule has 3 rings (SSSR count). The molecule has 5 nitrogen and oxygen atoms in total. The van der Waals surface area contributed by atoms with Crippen LogP contribution in [0.1, 0.15) is 30.5 Å². The van der Waals surface area contributed by atoms with E-state index in [1.807, 2.05) is 49.4 Å². The van der Waals surface area contributed by atoms with Crippen LogP contribution >= 0.6 is 24.0 Å². The quantitative estimate of drug-likeness (QED) is 0.366. The van der Waals surface area contributed by atoms with Gasteiger partial charge in [-0.15, -0.1) is 0 Å². The highest BCUT2D eigenvalue weighted by atomic mass is 32.2. The average Bonchev–Trinajstić information content (AvgIpc) is 3.01. The molecule has 0 spiro atoms. The molecule has 7 heteroatoms. The van der Waals surface area contributed by atoms with Crippen molar-refractivity contribution in [2.24, 2.45) is 0 Å². The molecule has 1 unspecified atom stereocenters. The summed E-state index contributed by atoms with van der Waals surface area (Å²) in [7, 11) is 1.58. The van der Waals surface area contributed by atoms with Crippen molar-refractivity contribution in [1.82, 2.24) is 4.90 Å². The van der Waals surface area contributed by atoms with Crippen LogP contribution in [0.2, 0.25) is 0 Å². The molecule has 1 saturated heterocycles. The van der Waals surface area contributed by atoms with Crippen LogP contribution in [0.4, 0.5) is 0 Å². The Morgan fingerprint density at radius 1 is 1.17 bits per heavy atom. The number of thiocarbonyl (C=S) groups is 1. The average molecular weight is 428 g/mol. The number of benzene rings is 2. The van der Waals surface area contributed by atoms with Gasteiger partial charge in [-0.3, -0.25) is 9.69 Å². The molecule has 0 radical (unpaired) electrons. The third-order valence-corrected chi connectivity index (χ3v) is 5.62. The summed E-state index contributed by atoms with van der Waals surface area (Å²) >= 11 is 6.63. The molecular weight excluding hydrogens is 406 g/mol. The monoisotopic (exact) mass is 427 g/mol. The van der Waals surface area contributed by atoms with E-state index in [2.05, 4.69) is 0 Å². The van der Waals surface area contributed by atoms with Crippen LogP contribution in [0.25, 0.3) is 6.08 Å². The van der Waals surface area contributed by atoms with Crippen LogP contribution in [0, 0.1) is 0 Å². The SMILES string of the molecule is CCCOC(=O)C(c1ccccc1)N1C(=O)/C(=C\c2ccccc2OC)SC1=S. The Labute approximate surface area is 179 Å². The van der Waals surface area contributed by atoms with E-state index in [0.29, 0.717) is 27.0 Å². The maximum Gasteiger partial charge on any atom is 0.333 e. The lowest BCUT2D eigenvalue weighted by Crippen LogP contribution is -2.38. The fraction of sp³-hybridized carbons (Fsp3) is 0.227. The van der Waals surface area contributed by atoms with Crippen LogP contribution in [0.15, 0.2) is 59.5 Å². The highest BCUT2D eigenvalue weighted by Crippen LogP contribution is 2.39. The summed E-state index contributed by atoms with van der Waals surface area (Å²) in [6, 6.07) is 15.6. The minimum atomic E-state index is -0.918. The number of methoxy groups -OCH3 is 1. The smallest absolute Gasteiger partial charge is 0.333 e. The number of carbonyl (C=O) groups excluding carboxylic acids is 2. The number of thioether (sulfide) groups is 1. The minimum Gasteiger partial charge on any atom is -0.496 e. The predicted octanol–water partition coefficient (Wildman–Crippen LogP) is 4.59. The van der Waals surface area contributed by atoms with Gasteiger partial charge in [-0.25, -0.2) is 4.79 Å². The van der Waals surface area contributed by atoms with Crippen LogP contribution in [-0.4, -0.2) is 34.8 Å². The molecule has 0 saturated carbocycles. The van der Waals surface area contributed by atoms with Gasteiger partial charge >= 0.3 is 5.97 Å². The number of amides is 1. The first kappa shape index (κ1) is 21.1. The molecular formula is C22H21NO4S2. The molecule has 0 aromatic heterocycles. The number of carbonyl (C=O) groups is 2. The van der Waals surface area contributed by atoms with Crippen LogP contribution in [0.5, 0.6) is 5.75 Å². The van der Waals surface area contributed by atoms with E-state index in [0.717, 1.165) is 5.56 Å². The van der Waals surface area contributed by atoms with Gasteiger partial charge in [0.15, 0.2) is 6.04 Å². The molecule has 2 aromatic carbocycles. The highest BCUT2D eigenvalue weighted by molar-refractivity contribution is 8.26. The molecule has 1 aliphatic rings. The Bertz CT molecular complexity index is 943. The number of esters is 1. The van der Waals surface area contributed by atoms with Crippen molar-refractivity contribution in [1.29, 1.82) is 0 Å². The van der Waals surface area contributed by atoms with Gasteiger partial charge in [-0.05, 0) is 24.1 Å². The van der Waals surface area contributed by atoms with E-state index in [9.17, 15) is 9.59 Å². The summed E-state index contributed by atoms with van der Waals surface area (Å²) in [6.07, 6.45) is 2.43. The molecule has 1 heterocycles. The van der Waals surface area contributed by atoms with Crippen LogP contribution in [0.3, 0.4) is 0 Å². The van der Waals surface area contributed by atoms with E-state index in [1.54, 1.807) is 25.3 Å². The molecule has 1 atom stereocenters. The number of para-hydroxylation sites is 1. The van der Waals surface area contributed by atoms with E-state index in [1.165, 1.54) is 16.7 Å². The van der Waals surface area contributed by atoms with Gasteiger partial charge in [0.1, 0.15) is 10.1 Å². The Kier molecular flexibility index (Phi) is 7.06. The molecule has 2 aromatic rings. The first-order valence-electron chi connectivity index (χ1n) is 9.18. The Morgan fingerprint density at radius 3 is 2.55 bits per heavy atom. The zero-order chi connectivity index (χ0) is 20.8. The third kappa shape index (κ3) is 4.68. The lowest BCUT2D eigenvalue weighted by atomic mass is 10.1. The van der Waals surface area contributed by atoms with Crippen LogP contribution in [-0.2, 0) is 14.3 Å². The van der Waals surface area contributed by atoms with E-state index < -0.39 is 12.0 Å². The number of nitrogens with zero attached hydrogens (tertiary/aromatic N) is 1. The normalized spacial score (nSPS) is 16.2. The Morgan fingerprint density at radius 2 is 1.86 bits per heavy atom. The maximum absolute atomic E-state index is 13.2. The zero-order valence-electron chi connectivity index (χ0n) is 16.2. The summed E-state index contributed by atoms with van der Waals surface area (Å²) in [6.45, 7) is 2.20. The minimum absolute atomic E-state index is 0.286. The summed E-state index contributed by atoms with van der Waals surface area (Å²) in [5, 5.41) is 0. The van der Waals surface area contributed by atoms with Gasteiger partial charge in [-0.2, -0.15) is 0 Å². The van der Waals surface area contributed by atoms with Crippen molar-refractivity contribution in [3.8, 4) is 5.75 Å². The fourth-order valence-corrected chi connectivity index (χ4v) is 4.24. The maximum atomic E-state index is 13.2. The lowest BCUT2D eigenvalue weighted by Gasteiger charge is -2.25. The van der Waals surface area contributed by atoms with Crippen molar-refractivity contribution >= 4 is 46.3 Å². The van der Waals surface area contributed by atoms with Gasteiger partial charge in [0, 0.05) is 5.56 Å². The Hall–Kier alpha value is -2.64. The molecule has 0 N–H and O–H groups in total. The number of rotatable bonds is 7. The van der Waals surface area contributed by atoms with Crippen LogP contribution < -0.4 is 4.74 Å². The van der Waals surface area contributed by atoms with E-state index in [-0.39, 0.29) is 12.5 Å². The van der Waals surface area contributed by atoms with Crippen molar-refractivity contribution in [3.63, 3.8) is 0 Å². The van der Waals surface area contributed by atoms with Crippen molar-refractivity contribution < 1.29 is 19.1 Å². The Balaban J connectivity index is 1.97. The molecule has 1 amide bonds. The van der Waals surface area contributed by atoms with Crippen molar-refractivity contribution in [3.05, 3.63) is 70.6 Å². The number of hydrogen-bond acceptors (Lipinski definition) is 6. The van der Waals surface area contributed by atoms with Gasteiger partial charge < -0.3 is 9.47 Å². The van der Waals surface area contributed by atoms with Gasteiger partial charge in [-0.1, -0.05) is 79.4 Å². The fourth-order valence-electron chi connectivity index (χ4n) is 2.94. The molecule has 0 bridgehead atoms. The summed E-state index contributed by atoms with van der Waals surface area (Å²) in [5.41, 5.74) is 1.42. The van der Waals surface area contributed by atoms with Gasteiger partial charge in [0.2, 0.25) is 0 Å². The molecule has 150 valence electrons. The zero-order valence-corrected chi connectivity index (χ0v) is 17.8. The second-order valence-corrected chi connectivity index (χ2v) is 7.95. The second-order valence-electron chi connectivity index (χ2n) is 6.27. The number of ether oxygens (including phenoxy) is 2. The summed E-state index contributed by atoms with van der Waals surface area (Å²) in [4.78, 5) is 27.8. The van der Waals surface area contributed by atoms with E-state index >= 15 is 0 Å². The van der Waals surface area contributed by atoms with Crippen molar-refractivity contribution in [2.45, 2.75) is 19.4 Å². The molecule has 1 aliphatic heterocycles. The first-order chi connectivity index (χ1) is 14.1. The van der Waals surface area contributed by atoms with Crippen molar-refractivity contribution in [2.75, 3.05) is 13.7 Å². The highest BCUT2D eigenvalue weighted by Gasteiger charge is 2.42. The third-order valence-electron chi connectivity index (χ3n) is 4.29. The second kappa shape index (κ2) is 9.71. The predicted molar refractivity (Wildman–Crippen MR) is 118 cm³/mol. The molecule has 1 fully saturated rings. The summed E-state index contributed by atoms with van der Waals surface area (Å²) in [5.74, 6) is -0.166. The number of hydrogen-bond donors (Lipinski definition) is 0. The van der Waals surface area contributed by atoms with E-state index in [4.69, 9.17) is 21.7 Å².